The van der Waals surface area contributed by atoms with E-state index in [1.165, 1.54) is 11.0 Å². The Labute approximate surface area is 150 Å². The molecule has 0 radical (unpaired) electrons. The number of carbonyl (C=O) groups is 2. The molecule has 0 bridgehead atoms. The number of benzene rings is 1. The van der Waals surface area contributed by atoms with Crippen molar-refractivity contribution >= 4 is 33.4 Å². The smallest absolute Gasteiger partial charge is 0.420 e. The zero-order valence-corrected chi connectivity index (χ0v) is 14.7. The number of piperidine rings is 1. The van der Waals surface area contributed by atoms with Gasteiger partial charge in [-0.15, -0.1) is 0 Å². The molecule has 1 aromatic carbocycles. The van der Waals surface area contributed by atoms with Crippen molar-refractivity contribution in [1.29, 1.82) is 0 Å². The Morgan fingerprint density at radius 1 is 1.40 bits per heavy atom. The molecule has 1 fully saturated rings. The van der Waals surface area contributed by atoms with E-state index in [1.54, 1.807) is 0 Å². The number of aromatic hydroxyl groups is 1. The third kappa shape index (κ3) is 4.53. The highest BCUT2D eigenvalue weighted by molar-refractivity contribution is 9.10. The van der Waals surface area contributed by atoms with Gasteiger partial charge in [-0.2, -0.15) is 13.2 Å². The number of anilines is 1. The van der Waals surface area contributed by atoms with Crippen molar-refractivity contribution in [2.75, 3.05) is 18.4 Å². The molecule has 2 amide bonds. The third-order valence-electron chi connectivity index (χ3n) is 3.92. The first-order chi connectivity index (χ1) is 11.6. The monoisotopic (exact) mass is 420 g/mol. The first kappa shape index (κ1) is 19.3. The highest BCUT2D eigenvalue weighted by atomic mass is 79.9. The van der Waals surface area contributed by atoms with E-state index < -0.39 is 29.3 Å². The number of likely N-dealkylation sites (tertiary alicyclic amines) is 1. The quantitative estimate of drug-likeness (QED) is 0.580. The van der Waals surface area contributed by atoms with E-state index in [9.17, 15) is 27.9 Å². The van der Waals surface area contributed by atoms with Crippen LogP contribution < -0.4 is 5.32 Å². The highest BCUT2D eigenvalue weighted by Crippen LogP contribution is 2.42. The molecule has 0 spiro atoms. The number of rotatable bonds is 3. The molecule has 0 aliphatic carbocycles. The van der Waals surface area contributed by atoms with Crippen LogP contribution in [0.25, 0.3) is 0 Å². The molecule has 2 rings (SSSR count). The molecule has 25 heavy (non-hydrogen) atoms. The molecule has 136 valence electrons. The molecule has 9 heteroatoms. The van der Waals surface area contributed by atoms with Gasteiger partial charge in [0.05, 0.1) is 11.6 Å². The topological polar surface area (TPSA) is 69.6 Å². The van der Waals surface area contributed by atoms with Crippen molar-refractivity contribution in [3.8, 4) is 5.75 Å². The maximum Gasteiger partial charge on any atom is 0.420 e. The Kier molecular flexibility index (Phi) is 5.76. The number of hydrogen-bond acceptors (Lipinski definition) is 3. The van der Waals surface area contributed by atoms with Crippen LogP contribution in [-0.2, 0) is 15.8 Å². The molecule has 1 unspecified atom stereocenters. The van der Waals surface area contributed by atoms with E-state index in [4.69, 9.17) is 0 Å². The van der Waals surface area contributed by atoms with Crippen molar-refractivity contribution < 1.29 is 27.9 Å². The van der Waals surface area contributed by atoms with Gasteiger partial charge in [-0.3, -0.25) is 9.59 Å². The molecule has 0 saturated carbocycles. The van der Waals surface area contributed by atoms with Gasteiger partial charge in [0.1, 0.15) is 5.56 Å². The van der Waals surface area contributed by atoms with Crippen LogP contribution in [0.15, 0.2) is 29.3 Å². The summed E-state index contributed by atoms with van der Waals surface area (Å²) in [5, 5.41) is 12.2. The summed E-state index contributed by atoms with van der Waals surface area (Å²) in [7, 11) is 0. The summed E-state index contributed by atoms with van der Waals surface area (Å²) >= 11 is 2.94. The van der Waals surface area contributed by atoms with Crippen molar-refractivity contribution in [2.24, 2.45) is 5.92 Å². The minimum atomic E-state index is -4.76. The van der Waals surface area contributed by atoms with Gasteiger partial charge in [-0.05, 0) is 31.1 Å². The third-order valence-corrected chi connectivity index (χ3v) is 4.37. The van der Waals surface area contributed by atoms with Crippen molar-refractivity contribution in [1.82, 2.24) is 4.90 Å². The van der Waals surface area contributed by atoms with Gasteiger partial charge in [0.15, 0.2) is 5.75 Å². The summed E-state index contributed by atoms with van der Waals surface area (Å²) in [6.07, 6.45) is -2.52. The Morgan fingerprint density at radius 3 is 2.68 bits per heavy atom. The summed E-state index contributed by atoms with van der Waals surface area (Å²) in [6.45, 7) is 4.04. The first-order valence-electron chi connectivity index (χ1n) is 7.45. The molecule has 2 N–H and O–H groups in total. The lowest BCUT2D eigenvalue weighted by molar-refractivity contribution is -0.139. The Hall–Kier alpha value is -2.03. The van der Waals surface area contributed by atoms with E-state index in [0.29, 0.717) is 19.4 Å². The van der Waals surface area contributed by atoms with Crippen LogP contribution in [0.2, 0.25) is 0 Å². The number of halogens is 4. The number of carbonyl (C=O) groups excluding carboxylic acids is 2. The summed E-state index contributed by atoms with van der Waals surface area (Å²) in [4.78, 5) is 25.5. The van der Waals surface area contributed by atoms with Gasteiger partial charge >= 0.3 is 6.18 Å². The molecule has 1 aliphatic rings. The SMILES string of the molecule is C=CC(=O)N1CCCC(C(=O)Nc2cc(Br)cc(C(F)(F)F)c2O)C1. The van der Waals surface area contributed by atoms with Gasteiger partial charge in [0.25, 0.3) is 0 Å². The van der Waals surface area contributed by atoms with Gasteiger partial charge in [-0.1, -0.05) is 22.5 Å². The molecular weight excluding hydrogens is 405 g/mol. The van der Waals surface area contributed by atoms with Crippen LogP contribution in [0.4, 0.5) is 18.9 Å². The molecule has 1 aromatic rings. The van der Waals surface area contributed by atoms with E-state index in [2.05, 4.69) is 27.8 Å². The molecule has 5 nitrogen and oxygen atoms in total. The van der Waals surface area contributed by atoms with E-state index in [0.717, 1.165) is 12.1 Å². The maximum absolute atomic E-state index is 12.9. The fourth-order valence-electron chi connectivity index (χ4n) is 2.67. The lowest BCUT2D eigenvalue weighted by atomic mass is 9.96. The zero-order chi connectivity index (χ0) is 18.8. The van der Waals surface area contributed by atoms with Crippen LogP contribution >= 0.6 is 15.9 Å². The number of alkyl halides is 3. The molecule has 1 atom stereocenters. The second-order valence-corrected chi connectivity index (χ2v) is 6.58. The van der Waals surface area contributed by atoms with E-state index >= 15 is 0 Å². The molecular formula is C16H16BrF3N2O3. The van der Waals surface area contributed by atoms with Gasteiger partial charge in [0.2, 0.25) is 11.8 Å². The number of phenolic OH excluding ortho intramolecular Hbond substituents is 1. The minimum Gasteiger partial charge on any atom is -0.505 e. The fourth-order valence-corrected chi connectivity index (χ4v) is 3.12. The normalized spacial score (nSPS) is 17.9. The lowest BCUT2D eigenvalue weighted by Gasteiger charge is -2.31. The minimum absolute atomic E-state index is 0.0695. The molecule has 1 heterocycles. The van der Waals surface area contributed by atoms with Crippen LogP contribution in [0.1, 0.15) is 18.4 Å². The van der Waals surface area contributed by atoms with Crippen molar-refractivity contribution in [2.45, 2.75) is 19.0 Å². The summed E-state index contributed by atoms with van der Waals surface area (Å²) in [5.41, 5.74) is -1.58. The Morgan fingerprint density at radius 2 is 2.08 bits per heavy atom. The van der Waals surface area contributed by atoms with Gasteiger partial charge in [0, 0.05) is 17.6 Å². The average Bonchev–Trinajstić information content (AvgIpc) is 2.56. The maximum atomic E-state index is 12.9. The Bertz CT molecular complexity index is 707. The van der Waals surface area contributed by atoms with Crippen LogP contribution in [0.3, 0.4) is 0 Å². The van der Waals surface area contributed by atoms with E-state index in [-0.39, 0.29) is 22.6 Å². The number of amides is 2. The fraction of sp³-hybridized carbons (Fsp3) is 0.375. The van der Waals surface area contributed by atoms with E-state index in [1.807, 2.05) is 0 Å². The number of nitrogens with one attached hydrogen (secondary N) is 1. The highest BCUT2D eigenvalue weighted by Gasteiger charge is 2.36. The van der Waals surface area contributed by atoms with Crippen LogP contribution in [0, 0.1) is 5.92 Å². The first-order valence-corrected chi connectivity index (χ1v) is 8.24. The van der Waals surface area contributed by atoms with Crippen LogP contribution in [0.5, 0.6) is 5.75 Å². The number of nitrogens with zero attached hydrogens (tertiary/aromatic N) is 1. The summed E-state index contributed by atoms with van der Waals surface area (Å²) < 4.78 is 38.9. The van der Waals surface area contributed by atoms with Gasteiger partial charge in [-0.25, -0.2) is 0 Å². The average molecular weight is 421 g/mol. The number of hydrogen-bond donors (Lipinski definition) is 2. The summed E-state index contributed by atoms with van der Waals surface area (Å²) in [6, 6.07) is 1.92. The van der Waals surface area contributed by atoms with Crippen LogP contribution in [-0.4, -0.2) is 34.9 Å². The summed E-state index contributed by atoms with van der Waals surface area (Å²) in [5.74, 6) is -2.48. The standard InChI is InChI=1S/C16H16BrF3N2O3/c1-2-13(23)22-5-3-4-9(8-22)15(25)21-12-7-10(17)6-11(14(12)24)16(18,19)20/h2,6-7,9,24H,1,3-5,8H2,(H,21,25). The van der Waals surface area contributed by atoms with Crippen molar-refractivity contribution in [3.05, 3.63) is 34.8 Å². The lowest BCUT2D eigenvalue weighted by Crippen LogP contribution is -2.43. The predicted octanol–water partition coefficient (Wildman–Crippen LogP) is 3.54. The zero-order valence-electron chi connectivity index (χ0n) is 13.1. The largest absolute Gasteiger partial charge is 0.505 e. The molecule has 1 saturated heterocycles. The van der Waals surface area contributed by atoms with Gasteiger partial charge < -0.3 is 15.3 Å². The second kappa shape index (κ2) is 7.47. The molecule has 1 aliphatic heterocycles. The van der Waals surface area contributed by atoms with Crippen molar-refractivity contribution in [3.63, 3.8) is 0 Å². The second-order valence-electron chi connectivity index (χ2n) is 5.66. The predicted molar refractivity (Wildman–Crippen MR) is 88.9 cm³/mol. The number of phenols is 1. The molecule has 0 aromatic heterocycles. The Balaban J connectivity index is 2.19.